The number of aliphatic hydroxyl groups excluding tert-OH is 7. The second kappa shape index (κ2) is 31.8. The number of phenols is 2. The Morgan fingerprint density at radius 1 is 0.728 bits per heavy atom. The lowest BCUT2D eigenvalue weighted by Gasteiger charge is -2.34. The second-order valence-corrected chi connectivity index (χ2v) is 23.6. The second-order valence-electron chi connectivity index (χ2n) is 22.4. The molecule has 15 N–H and O–H groups in total. The molecule has 0 aliphatic carbocycles. The Balaban J connectivity index is 1.53. The first-order chi connectivity index (χ1) is 38.4. The lowest BCUT2D eigenvalue weighted by molar-refractivity contribution is -0.149. The van der Waals surface area contributed by atoms with E-state index in [4.69, 9.17) is 5.73 Å². The van der Waals surface area contributed by atoms with Crippen LogP contribution < -0.4 is 27.0 Å². The standard InChI is InChI=1S/C57H87N7O16S/c1-5-31(2)26-32(3)12-10-8-6-7-9-11-13-46(73)59-40-29-45(72)55(81-38-20-18-36(67)19-21-38)62-54(78)49-43(70)23-25-63(49)57(80)48(42(69)22-24-58)61-52(76)39(51(75)50(74)34-14-16-35(66)17-15-34)28-44(71)41-27-37(68)30-64(41)56(79)47(33(4)65)60-53(40)77/h14-21,31-33,37,39-43,45,47-51,55,65-70,72,74-75H,5-13,22-30,58H2,1-4H3,(H,59,73)(H,60,77)(H,61,76)(H,62,78)/t31?,32?,33-,37-,39+,40+,41+,42-,43+,45-,47+,48+,49+,50+,51+,55-/m1/s1. The van der Waals surface area contributed by atoms with Gasteiger partial charge in [0.2, 0.25) is 35.4 Å². The van der Waals surface area contributed by atoms with Crippen molar-refractivity contribution in [2.24, 2.45) is 23.5 Å². The number of Topliss-reactive ketones (excluding diaryl/α,β-unsaturated/α-hetero) is 1. The van der Waals surface area contributed by atoms with Gasteiger partial charge in [-0.2, -0.15) is 0 Å². The summed E-state index contributed by atoms with van der Waals surface area (Å²) < 4.78 is 0. The molecular formula is C57H87N7O16S. The van der Waals surface area contributed by atoms with E-state index in [9.17, 15) is 79.5 Å². The maximum Gasteiger partial charge on any atom is 0.248 e. The van der Waals surface area contributed by atoms with Crippen LogP contribution in [0.4, 0.5) is 0 Å². The number of aliphatic hydroxyl groups is 7. The van der Waals surface area contributed by atoms with Crippen molar-refractivity contribution in [3.05, 3.63) is 54.1 Å². The molecule has 5 rings (SSSR count). The first-order valence-corrected chi connectivity index (χ1v) is 29.4. The molecule has 452 valence electrons. The van der Waals surface area contributed by atoms with Gasteiger partial charge in [0.05, 0.1) is 48.6 Å². The molecule has 16 atom stereocenters. The molecule has 3 aliphatic heterocycles. The maximum atomic E-state index is 14.8. The smallest absolute Gasteiger partial charge is 0.248 e. The van der Waals surface area contributed by atoms with E-state index >= 15 is 0 Å². The van der Waals surface area contributed by atoms with E-state index in [1.165, 1.54) is 61.9 Å². The van der Waals surface area contributed by atoms with Gasteiger partial charge in [0.15, 0.2) is 5.78 Å². The molecule has 0 spiro atoms. The minimum absolute atomic E-state index is 0.0256. The summed E-state index contributed by atoms with van der Waals surface area (Å²) in [6.07, 6.45) is -6.32. The number of hydrogen-bond donors (Lipinski definition) is 14. The van der Waals surface area contributed by atoms with E-state index in [1.54, 1.807) is 0 Å². The number of hydrogen-bond acceptors (Lipinski definition) is 18. The van der Waals surface area contributed by atoms with Gasteiger partial charge in [0, 0.05) is 43.7 Å². The van der Waals surface area contributed by atoms with Crippen molar-refractivity contribution in [1.29, 1.82) is 0 Å². The first-order valence-electron chi connectivity index (χ1n) is 28.5. The third-order valence-corrected chi connectivity index (χ3v) is 17.0. The van der Waals surface area contributed by atoms with Crippen molar-refractivity contribution in [2.45, 2.75) is 207 Å². The molecule has 24 heteroatoms. The van der Waals surface area contributed by atoms with Gasteiger partial charge in [-0.05, 0) is 92.9 Å². The van der Waals surface area contributed by atoms with Crippen LogP contribution in [0, 0.1) is 17.8 Å². The molecule has 0 bridgehead atoms. The molecule has 0 aromatic heterocycles. The number of nitrogens with two attached hydrogens (primary N) is 1. The fourth-order valence-corrected chi connectivity index (χ4v) is 11.9. The zero-order chi connectivity index (χ0) is 59.7. The highest BCUT2D eigenvalue weighted by Crippen LogP contribution is 2.32. The van der Waals surface area contributed by atoms with Crippen LogP contribution in [0.15, 0.2) is 53.4 Å². The van der Waals surface area contributed by atoms with Crippen LogP contribution in [-0.2, 0) is 33.6 Å². The largest absolute Gasteiger partial charge is 0.508 e. The summed E-state index contributed by atoms with van der Waals surface area (Å²) in [5.74, 6) is -8.16. The topological polar surface area (TPSA) is 382 Å². The molecule has 3 aliphatic rings. The third-order valence-electron chi connectivity index (χ3n) is 15.8. The Hall–Kier alpha value is -5.44. The number of amides is 6. The van der Waals surface area contributed by atoms with Crippen molar-refractivity contribution in [3.63, 3.8) is 0 Å². The Bertz CT molecular complexity index is 2390. The van der Waals surface area contributed by atoms with Gasteiger partial charge in [0.1, 0.15) is 47.1 Å². The van der Waals surface area contributed by atoms with Gasteiger partial charge in [-0.1, -0.05) is 89.6 Å². The van der Waals surface area contributed by atoms with Crippen LogP contribution >= 0.6 is 11.8 Å². The molecule has 3 saturated heterocycles. The van der Waals surface area contributed by atoms with Crippen molar-refractivity contribution in [1.82, 2.24) is 31.1 Å². The zero-order valence-corrected chi connectivity index (χ0v) is 47.7. The van der Waals surface area contributed by atoms with Crippen molar-refractivity contribution >= 4 is 53.0 Å². The first kappa shape index (κ1) is 66.4. The molecule has 2 unspecified atom stereocenters. The SMILES string of the molecule is CCC(C)CC(C)CCCCCCCCC(=O)N[C@H]1C[C@@H](O)[C@@H](Sc2ccc(O)cc2)NC(=O)[C@@H]2[C@@H](O)CCN2C(=O)[C@H]([C@H](O)CCN)NC(=O)[C@H]([C@H](O)[C@@H](O)c2ccc(O)cc2)CC(=O)[C@@H]2C[C@@H](O)CN2C(=O)[C@H]([C@@H](C)O)NC1=O. The minimum Gasteiger partial charge on any atom is -0.508 e. The fraction of sp³-hybridized carbons (Fsp3) is 0.667. The monoisotopic (exact) mass is 1160 g/mol. The molecule has 0 radical (unpaired) electrons. The van der Waals surface area contributed by atoms with Crippen molar-refractivity contribution in [2.75, 3.05) is 19.6 Å². The zero-order valence-electron chi connectivity index (χ0n) is 46.8. The Morgan fingerprint density at radius 2 is 1.33 bits per heavy atom. The van der Waals surface area contributed by atoms with Gasteiger partial charge in [-0.3, -0.25) is 33.6 Å². The number of nitrogens with one attached hydrogen (secondary N) is 4. The number of unbranched alkanes of at least 4 members (excludes halogenated alkanes) is 5. The molecule has 81 heavy (non-hydrogen) atoms. The van der Waals surface area contributed by atoms with Crippen molar-refractivity contribution < 1.29 is 79.5 Å². The van der Waals surface area contributed by atoms with E-state index in [2.05, 4.69) is 42.0 Å². The number of carbonyl (C=O) groups excluding carboxylic acids is 7. The number of phenolic OH excluding ortho intramolecular Hbond substituents is 2. The number of carbonyl (C=O) groups is 7. The summed E-state index contributed by atoms with van der Waals surface area (Å²) in [5.41, 5.74) is 5.77. The molecule has 3 fully saturated rings. The molecule has 6 amide bonds. The number of nitrogens with zero attached hydrogens (tertiary/aromatic N) is 2. The Labute approximate surface area is 477 Å². The summed E-state index contributed by atoms with van der Waals surface area (Å²) >= 11 is 0.841. The predicted molar refractivity (Wildman–Crippen MR) is 298 cm³/mol. The lowest BCUT2D eigenvalue weighted by Crippen LogP contribution is -2.61. The van der Waals surface area contributed by atoms with Gasteiger partial charge < -0.3 is 82.8 Å². The molecule has 2 aromatic carbocycles. The molecule has 3 heterocycles. The van der Waals surface area contributed by atoms with Crippen LogP contribution in [0.3, 0.4) is 0 Å². The Morgan fingerprint density at radius 3 is 1.96 bits per heavy atom. The Kier molecular flexibility index (Phi) is 26.1. The molecule has 23 nitrogen and oxygen atoms in total. The summed E-state index contributed by atoms with van der Waals surface area (Å²) in [7, 11) is 0. The van der Waals surface area contributed by atoms with Crippen LogP contribution in [0.2, 0.25) is 0 Å². The van der Waals surface area contributed by atoms with E-state index in [1.807, 2.05) is 0 Å². The predicted octanol–water partition coefficient (Wildman–Crippen LogP) is 0.728. The average molecular weight is 1160 g/mol. The van der Waals surface area contributed by atoms with Crippen LogP contribution in [0.5, 0.6) is 11.5 Å². The van der Waals surface area contributed by atoms with E-state index in [0.29, 0.717) is 29.6 Å². The van der Waals surface area contributed by atoms with E-state index < -0.39 is 151 Å². The number of thioether (sulfide) groups is 1. The molecule has 2 aromatic rings. The third kappa shape index (κ3) is 19.0. The number of benzene rings is 2. The van der Waals surface area contributed by atoms with E-state index in [0.717, 1.165) is 60.1 Å². The highest BCUT2D eigenvalue weighted by Gasteiger charge is 2.49. The van der Waals surface area contributed by atoms with Crippen molar-refractivity contribution in [3.8, 4) is 11.5 Å². The van der Waals surface area contributed by atoms with E-state index in [-0.39, 0.29) is 49.4 Å². The summed E-state index contributed by atoms with van der Waals surface area (Å²) in [5, 5.41) is 109. The van der Waals surface area contributed by atoms with Gasteiger partial charge in [0.25, 0.3) is 0 Å². The summed E-state index contributed by atoms with van der Waals surface area (Å²) in [6.45, 7) is 6.85. The van der Waals surface area contributed by atoms with Crippen LogP contribution in [-0.4, -0.2) is 189 Å². The summed E-state index contributed by atoms with van der Waals surface area (Å²) in [6, 6.07) is 1.60. The van der Waals surface area contributed by atoms with Gasteiger partial charge in [-0.25, -0.2) is 0 Å². The quantitative estimate of drug-likeness (QED) is 0.0723. The highest BCUT2D eigenvalue weighted by atomic mass is 32.2. The molecular weight excluding hydrogens is 1070 g/mol. The van der Waals surface area contributed by atoms with Crippen LogP contribution in [0.1, 0.15) is 136 Å². The highest BCUT2D eigenvalue weighted by molar-refractivity contribution is 8.00. The van der Waals surface area contributed by atoms with Crippen LogP contribution in [0.25, 0.3) is 0 Å². The number of rotatable bonds is 22. The average Bonchev–Trinajstić information content (AvgIpc) is 4.02. The number of aromatic hydroxyl groups is 2. The lowest BCUT2D eigenvalue weighted by atomic mass is 9.86. The van der Waals surface area contributed by atoms with Gasteiger partial charge >= 0.3 is 0 Å². The summed E-state index contributed by atoms with van der Waals surface area (Å²) in [4.78, 5) is 104. The van der Waals surface area contributed by atoms with Gasteiger partial charge in [-0.15, -0.1) is 0 Å². The minimum atomic E-state index is -2.18. The number of fused-ring (bicyclic) bond motifs is 2. The number of ketones is 1. The normalized spacial score (nSPS) is 27.9. The fourth-order valence-electron chi connectivity index (χ4n) is 10.9. The molecule has 0 saturated carbocycles. The maximum absolute atomic E-state index is 14.8.